The lowest BCUT2D eigenvalue weighted by Gasteiger charge is -2.16. The fourth-order valence-electron chi connectivity index (χ4n) is 3.67. The number of rotatable bonds is 9. The molecule has 1 aliphatic carbocycles. The molecule has 9 heteroatoms. The van der Waals surface area contributed by atoms with Crippen molar-refractivity contribution in [1.82, 2.24) is 15.0 Å². The van der Waals surface area contributed by atoms with Crippen molar-refractivity contribution in [2.75, 3.05) is 14.2 Å². The normalized spacial score (nSPS) is 13.9. The Balaban J connectivity index is 1.47. The van der Waals surface area contributed by atoms with Crippen LogP contribution in [0.25, 0.3) is 11.3 Å². The number of halogens is 2. The highest BCUT2D eigenvalue weighted by atomic mass is 35.5. The quantitative estimate of drug-likeness (QED) is 0.407. The molecule has 2 heterocycles. The van der Waals surface area contributed by atoms with E-state index in [1.54, 1.807) is 0 Å². The lowest BCUT2D eigenvalue weighted by atomic mass is 9.91. The number of pyridine rings is 1. The van der Waals surface area contributed by atoms with Crippen LogP contribution >= 0.6 is 11.6 Å². The van der Waals surface area contributed by atoms with Crippen molar-refractivity contribution >= 4 is 17.6 Å². The van der Waals surface area contributed by atoms with E-state index in [-0.39, 0.29) is 40.8 Å². The van der Waals surface area contributed by atoms with Crippen molar-refractivity contribution in [3.63, 3.8) is 0 Å². The van der Waals surface area contributed by atoms with Gasteiger partial charge in [0.15, 0.2) is 11.0 Å². The first-order valence-electron chi connectivity index (χ1n) is 10.5. The van der Waals surface area contributed by atoms with E-state index in [1.165, 1.54) is 26.5 Å². The Kier molecular flexibility index (Phi) is 7.03. The van der Waals surface area contributed by atoms with Crippen molar-refractivity contribution < 1.29 is 23.4 Å². The number of benzene rings is 1. The highest BCUT2D eigenvalue weighted by Gasteiger charge is 2.34. The molecule has 1 aromatic carbocycles. The van der Waals surface area contributed by atoms with Crippen LogP contribution in [0, 0.1) is 11.7 Å². The second-order valence-corrected chi connectivity index (χ2v) is 8.15. The topological polar surface area (TPSA) is 83.4 Å². The van der Waals surface area contributed by atoms with Gasteiger partial charge < -0.3 is 14.2 Å². The average Bonchev–Trinajstić information content (AvgIpc) is 3.67. The van der Waals surface area contributed by atoms with E-state index in [4.69, 9.17) is 25.8 Å². The summed E-state index contributed by atoms with van der Waals surface area (Å²) >= 11 is 6.28. The van der Waals surface area contributed by atoms with E-state index >= 15 is 0 Å². The Morgan fingerprint density at radius 1 is 1.21 bits per heavy atom. The number of nitrogens with zero attached hydrogens (tertiary/aromatic N) is 3. The van der Waals surface area contributed by atoms with Gasteiger partial charge in [0.05, 0.1) is 38.7 Å². The maximum Gasteiger partial charge on any atom is 0.306 e. The van der Waals surface area contributed by atoms with Crippen molar-refractivity contribution in [1.29, 1.82) is 0 Å². The molecule has 0 spiro atoms. The van der Waals surface area contributed by atoms with Crippen LogP contribution in [0.2, 0.25) is 5.15 Å². The van der Waals surface area contributed by atoms with Crippen LogP contribution in [0.1, 0.15) is 36.4 Å². The Morgan fingerprint density at radius 2 is 2.03 bits per heavy atom. The van der Waals surface area contributed by atoms with Gasteiger partial charge in [-0.2, -0.15) is 0 Å². The fourth-order valence-corrected chi connectivity index (χ4v) is 3.93. The third kappa shape index (κ3) is 5.57. The zero-order valence-electron chi connectivity index (χ0n) is 18.3. The molecule has 0 N–H and O–H groups in total. The number of hydrogen-bond acceptors (Lipinski definition) is 7. The van der Waals surface area contributed by atoms with Crippen molar-refractivity contribution in [2.45, 2.75) is 31.8 Å². The van der Waals surface area contributed by atoms with Crippen LogP contribution in [0.5, 0.6) is 11.6 Å². The summed E-state index contributed by atoms with van der Waals surface area (Å²) < 4.78 is 30.0. The average molecular weight is 472 g/mol. The van der Waals surface area contributed by atoms with Gasteiger partial charge in [0.2, 0.25) is 5.88 Å². The zero-order valence-corrected chi connectivity index (χ0v) is 19.0. The van der Waals surface area contributed by atoms with Crippen LogP contribution in [0.15, 0.2) is 42.7 Å². The van der Waals surface area contributed by atoms with Crippen LogP contribution in [-0.4, -0.2) is 35.1 Å². The number of aromatic nitrogens is 3. The number of methoxy groups -OCH3 is 2. The monoisotopic (exact) mass is 471 g/mol. The first-order chi connectivity index (χ1) is 16.0. The Bertz CT molecular complexity index is 1160. The molecular weight excluding hydrogens is 449 g/mol. The molecule has 33 heavy (non-hydrogen) atoms. The van der Waals surface area contributed by atoms with Crippen LogP contribution < -0.4 is 9.47 Å². The SMILES string of the molecule is COC(=O)CC(c1cccc(OCc2cnc(-c3cc(OC)ncc3F)c(Cl)n2)c1)C1CC1. The number of hydrogen-bond donors (Lipinski definition) is 0. The molecular formula is C24H23ClFN3O4. The summed E-state index contributed by atoms with van der Waals surface area (Å²) in [5.74, 6) is 0.699. The van der Waals surface area contributed by atoms with E-state index in [0.717, 1.165) is 24.6 Å². The van der Waals surface area contributed by atoms with E-state index in [2.05, 4.69) is 15.0 Å². The third-order valence-electron chi connectivity index (χ3n) is 5.55. The van der Waals surface area contributed by atoms with Gasteiger partial charge >= 0.3 is 5.97 Å². The lowest BCUT2D eigenvalue weighted by Crippen LogP contribution is -2.10. The van der Waals surface area contributed by atoms with Gasteiger partial charge in [-0.1, -0.05) is 23.7 Å². The minimum atomic E-state index is -0.579. The molecule has 2 aromatic heterocycles. The second-order valence-electron chi connectivity index (χ2n) is 7.79. The van der Waals surface area contributed by atoms with Crippen molar-refractivity contribution in [3.8, 4) is 22.9 Å². The van der Waals surface area contributed by atoms with Gasteiger partial charge in [-0.25, -0.2) is 14.4 Å². The molecule has 0 amide bonds. The van der Waals surface area contributed by atoms with Gasteiger partial charge in [0.1, 0.15) is 18.1 Å². The highest BCUT2D eigenvalue weighted by Crippen LogP contribution is 2.45. The number of ether oxygens (including phenoxy) is 3. The van der Waals surface area contributed by atoms with Crippen LogP contribution in [0.3, 0.4) is 0 Å². The van der Waals surface area contributed by atoms with Gasteiger partial charge in [-0.3, -0.25) is 9.78 Å². The maximum atomic E-state index is 14.2. The smallest absolute Gasteiger partial charge is 0.306 e. The Labute approximate surface area is 195 Å². The summed E-state index contributed by atoms with van der Waals surface area (Å²) in [7, 11) is 2.85. The molecule has 0 aliphatic heterocycles. The largest absolute Gasteiger partial charge is 0.487 e. The second kappa shape index (κ2) is 10.1. The molecule has 7 nitrogen and oxygen atoms in total. The Hall–Kier alpha value is -3.26. The minimum absolute atomic E-state index is 0.0453. The predicted octanol–water partition coefficient (Wildman–Crippen LogP) is 4.98. The van der Waals surface area contributed by atoms with E-state index in [0.29, 0.717) is 23.8 Å². The summed E-state index contributed by atoms with van der Waals surface area (Å²) in [5.41, 5.74) is 1.87. The maximum absolute atomic E-state index is 14.2. The summed E-state index contributed by atoms with van der Waals surface area (Å²) in [5, 5.41) is 0.0453. The number of carbonyl (C=O) groups is 1. The molecule has 1 unspecified atom stereocenters. The predicted molar refractivity (Wildman–Crippen MR) is 120 cm³/mol. The molecule has 4 rings (SSSR count). The molecule has 0 bridgehead atoms. The fraction of sp³-hybridized carbons (Fsp3) is 0.333. The van der Waals surface area contributed by atoms with Gasteiger partial charge in [-0.05, 0) is 42.4 Å². The molecule has 1 fully saturated rings. The van der Waals surface area contributed by atoms with Crippen molar-refractivity contribution in [2.24, 2.45) is 5.92 Å². The molecule has 0 radical (unpaired) electrons. The summed E-state index contributed by atoms with van der Waals surface area (Å²) in [4.78, 5) is 24.2. The molecule has 1 saturated carbocycles. The van der Waals surface area contributed by atoms with E-state index in [9.17, 15) is 9.18 Å². The highest BCUT2D eigenvalue weighted by molar-refractivity contribution is 6.31. The first kappa shape index (κ1) is 22.9. The molecule has 0 saturated heterocycles. The molecule has 1 atom stereocenters. The Morgan fingerprint density at radius 3 is 2.73 bits per heavy atom. The summed E-state index contributed by atoms with van der Waals surface area (Å²) in [6.45, 7) is 0.129. The zero-order chi connectivity index (χ0) is 23.4. The number of carbonyl (C=O) groups excluding carboxylic acids is 1. The third-order valence-corrected chi connectivity index (χ3v) is 5.82. The van der Waals surface area contributed by atoms with Crippen LogP contribution in [-0.2, 0) is 16.1 Å². The standard InChI is InChI=1S/C24H23ClFN3O4/c1-31-21-9-19(20(26)12-27-21)23-24(25)29-16(11-28-23)13-33-17-5-3-4-15(8-17)18(14-6-7-14)10-22(30)32-2/h3-5,8-9,11-12,14,18H,6-7,10,13H2,1-2H3. The van der Waals surface area contributed by atoms with E-state index < -0.39 is 5.82 Å². The molecule has 3 aromatic rings. The number of esters is 1. The molecule has 1 aliphatic rings. The lowest BCUT2D eigenvalue weighted by molar-refractivity contribution is -0.141. The summed E-state index contributed by atoms with van der Waals surface area (Å²) in [6.07, 6.45) is 5.10. The summed E-state index contributed by atoms with van der Waals surface area (Å²) in [6, 6.07) is 9.10. The molecule has 172 valence electrons. The van der Waals surface area contributed by atoms with Gasteiger partial charge in [-0.15, -0.1) is 0 Å². The van der Waals surface area contributed by atoms with Gasteiger partial charge in [0, 0.05) is 11.6 Å². The van der Waals surface area contributed by atoms with Gasteiger partial charge in [0.25, 0.3) is 0 Å². The first-order valence-corrected chi connectivity index (χ1v) is 10.9. The minimum Gasteiger partial charge on any atom is -0.487 e. The van der Waals surface area contributed by atoms with Crippen molar-refractivity contribution in [3.05, 3.63) is 65.0 Å². The van der Waals surface area contributed by atoms with E-state index in [1.807, 2.05) is 24.3 Å². The van der Waals surface area contributed by atoms with Crippen LogP contribution in [0.4, 0.5) is 4.39 Å².